The lowest BCUT2D eigenvalue weighted by atomic mass is 10.1. The van der Waals surface area contributed by atoms with Crippen molar-refractivity contribution in [3.8, 4) is 17.2 Å². The van der Waals surface area contributed by atoms with Gasteiger partial charge >= 0.3 is 0 Å². The Morgan fingerprint density at radius 1 is 0.758 bits per heavy atom. The van der Waals surface area contributed by atoms with E-state index in [9.17, 15) is 0 Å². The summed E-state index contributed by atoms with van der Waals surface area (Å²) in [7, 11) is 1.65. The molecule has 0 amide bonds. The van der Waals surface area contributed by atoms with Crippen molar-refractivity contribution in [2.75, 3.05) is 13.7 Å². The monoisotopic (exact) mass is 438 g/mol. The van der Waals surface area contributed by atoms with Crippen molar-refractivity contribution in [1.82, 2.24) is 9.55 Å². The minimum Gasteiger partial charge on any atom is -0.494 e. The maximum Gasteiger partial charge on any atom is 0.161 e. The molecule has 0 aliphatic carbocycles. The minimum atomic E-state index is 0.362. The summed E-state index contributed by atoms with van der Waals surface area (Å²) in [5, 5.41) is 2.40. The first kappa shape index (κ1) is 20.9. The Bertz CT molecular complexity index is 1380. The first-order valence-corrected chi connectivity index (χ1v) is 11.1. The molecule has 4 aromatic carbocycles. The van der Waals surface area contributed by atoms with Gasteiger partial charge in [0.25, 0.3) is 0 Å². The van der Waals surface area contributed by atoms with Crippen LogP contribution in [0.5, 0.6) is 17.2 Å². The fourth-order valence-electron chi connectivity index (χ4n) is 4.04. The van der Waals surface area contributed by atoms with Gasteiger partial charge in [-0.1, -0.05) is 54.6 Å². The summed E-state index contributed by atoms with van der Waals surface area (Å²) >= 11 is 0. The first-order chi connectivity index (χ1) is 16.3. The standard InChI is InChI=1S/C28H26N2O3/c1-31-26-13-6-7-14-27(26)33-20-28-29-24-11-4-5-12-25(24)30(28)17-8-18-32-23-16-15-21-9-2-3-10-22(21)19-23/h2-7,9-16,19H,8,17-18,20H2,1H3. The van der Waals surface area contributed by atoms with Crippen LogP contribution in [-0.4, -0.2) is 23.3 Å². The largest absolute Gasteiger partial charge is 0.494 e. The van der Waals surface area contributed by atoms with Crippen molar-refractivity contribution < 1.29 is 14.2 Å². The van der Waals surface area contributed by atoms with Crippen molar-refractivity contribution in [2.24, 2.45) is 0 Å². The Morgan fingerprint density at radius 3 is 2.39 bits per heavy atom. The lowest BCUT2D eigenvalue weighted by Gasteiger charge is -2.13. The molecule has 5 heteroatoms. The predicted molar refractivity (Wildman–Crippen MR) is 131 cm³/mol. The van der Waals surface area contributed by atoms with Crippen molar-refractivity contribution >= 4 is 21.8 Å². The molecule has 166 valence electrons. The second-order valence-corrected chi connectivity index (χ2v) is 7.82. The zero-order valence-electron chi connectivity index (χ0n) is 18.6. The van der Waals surface area contributed by atoms with Gasteiger partial charge in [0.2, 0.25) is 0 Å². The van der Waals surface area contributed by atoms with E-state index < -0.39 is 0 Å². The summed E-state index contributed by atoms with van der Waals surface area (Å²) in [5.41, 5.74) is 2.06. The number of ether oxygens (including phenoxy) is 3. The number of methoxy groups -OCH3 is 1. The van der Waals surface area contributed by atoms with E-state index in [0.717, 1.165) is 35.6 Å². The van der Waals surface area contributed by atoms with Gasteiger partial charge in [-0.3, -0.25) is 0 Å². The van der Waals surface area contributed by atoms with Gasteiger partial charge < -0.3 is 18.8 Å². The van der Waals surface area contributed by atoms with Crippen LogP contribution >= 0.6 is 0 Å². The first-order valence-electron chi connectivity index (χ1n) is 11.1. The molecular formula is C28H26N2O3. The number of nitrogens with zero attached hydrogens (tertiary/aromatic N) is 2. The fourth-order valence-corrected chi connectivity index (χ4v) is 4.04. The molecule has 5 rings (SSSR count). The smallest absolute Gasteiger partial charge is 0.161 e. The molecule has 33 heavy (non-hydrogen) atoms. The van der Waals surface area contributed by atoms with E-state index in [4.69, 9.17) is 19.2 Å². The molecule has 0 atom stereocenters. The number of hydrogen-bond acceptors (Lipinski definition) is 4. The second kappa shape index (κ2) is 9.65. The predicted octanol–water partition coefficient (Wildman–Crippen LogP) is 6.25. The zero-order valence-corrected chi connectivity index (χ0v) is 18.6. The van der Waals surface area contributed by atoms with Crippen molar-refractivity contribution in [3.63, 3.8) is 0 Å². The summed E-state index contributed by atoms with van der Waals surface area (Å²) in [6, 6.07) is 30.4. The van der Waals surface area contributed by atoms with Gasteiger partial charge in [-0.25, -0.2) is 4.98 Å². The Balaban J connectivity index is 1.27. The Labute approximate surface area is 193 Å². The van der Waals surface area contributed by atoms with E-state index in [0.29, 0.717) is 24.7 Å². The number of aromatic nitrogens is 2. The Morgan fingerprint density at radius 2 is 1.52 bits per heavy atom. The number of hydrogen-bond donors (Lipinski definition) is 0. The summed E-state index contributed by atoms with van der Waals surface area (Å²) < 4.78 is 19.7. The van der Waals surface area contributed by atoms with Gasteiger partial charge in [-0.2, -0.15) is 0 Å². The molecule has 0 radical (unpaired) electrons. The van der Waals surface area contributed by atoms with Crippen LogP contribution in [-0.2, 0) is 13.2 Å². The molecule has 1 heterocycles. The van der Waals surface area contributed by atoms with E-state index >= 15 is 0 Å². The molecular weight excluding hydrogens is 412 g/mol. The van der Waals surface area contributed by atoms with E-state index in [1.54, 1.807) is 7.11 Å². The molecule has 0 bridgehead atoms. The quantitative estimate of drug-likeness (QED) is 0.255. The number of fused-ring (bicyclic) bond motifs is 2. The second-order valence-electron chi connectivity index (χ2n) is 7.82. The third kappa shape index (κ3) is 4.62. The van der Waals surface area contributed by atoms with Gasteiger partial charge in [0.1, 0.15) is 18.2 Å². The number of rotatable bonds is 9. The highest BCUT2D eigenvalue weighted by Gasteiger charge is 2.12. The summed E-state index contributed by atoms with van der Waals surface area (Å²) in [6.07, 6.45) is 0.856. The molecule has 0 unspecified atom stereocenters. The molecule has 0 aliphatic rings. The average Bonchev–Trinajstić information content (AvgIpc) is 3.22. The molecule has 5 nitrogen and oxygen atoms in total. The number of benzene rings is 4. The molecule has 0 aliphatic heterocycles. The Kier molecular flexibility index (Phi) is 6.11. The molecule has 5 aromatic rings. The lowest BCUT2D eigenvalue weighted by molar-refractivity contribution is 0.267. The van der Waals surface area contributed by atoms with Gasteiger partial charge in [0.05, 0.1) is 24.8 Å². The summed E-state index contributed by atoms with van der Waals surface area (Å²) in [4.78, 5) is 4.81. The molecule has 0 saturated heterocycles. The SMILES string of the molecule is COc1ccccc1OCc1nc2ccccc2n1CCCOc1ccc2ccccc2c1. The zero-order chi connectivity index (χ0) is 22.5. The van der Waals surface area contributed by atoms with Crippen molar-refractivity contribution in [2.45, 2.75) is 19.6 Å². The maximum atomic E-state index is 6.06. The maximum absolute atomic E-state index is 6.06. The highest BCUT2D eigenvalue weighted by Crippen LogP contribution is 2.27. The van der Waals surface area contributed by atoms with Crippen molar-refractivity contribution in [1.29, 1.82) is 0 Å². The van der Waals surface area contributed by atoms with Crippen LogP contribution in [0.2, 0.25) is 0 Å². The third-order valence-electron chi connectivity index (χ3n) is 5.68. The molecule has 0 spiro atoms. The van der Waals surface area contributed by atoms with E-state index in [1.165, 1.54) is 10.8 Å². The third-order valence-corrected chi connectivity index (χ3v) is 5.68. The van der Waals surface area contributed by atoms with Gasteiger partial charge in [-0.15, -0.1) is 0 Å². The molecule has 1 aromatic heterocycles. The van der Waals surface area contributed by atoms with Crippen LogP contribution in [0.15, 0.2) is 91.0 Å². The van der Waals surface area contributed by atoms with Crippen LogP contribution in [0.1, 0.15) is 12.2 Å². The summed E-state index contributed by atoms with van der Waals surface area (Å²) in [6.45, 7) is 1.77. The van der Waals surface area contributed by atoms with Crippen LogP contribution in [0, 0.1) is 0 Å². The average molecular weight is 439 g/mol. The number of aryl methyl sites for hydroxylation is 1. The van der Waals surface area contributed by atoms with E-state index in [-0.39, 0.29) is 0 Å². The normalized spacial score (nSPS) is 11.1. The van der Waals surface area contributed by atoms with Crippen LogP contribution in [0.25, 0.3) is 21.8 Å². The minimum absolute atomic E-state index is 0.362. The highest BCUT2D eigenvalue weighted by molar-refractivity contribution is 5.83. The van der Waals surface area contributed by atoms with E-state index in [2.05, 4.69) is 34.9 Å². The van der Waals surface area contributed by atoms with Crippen LogP contribution < -0.4 is 14.2 Å². The highest BCUT2D eigenvalue weighted by atomic mass is 16.5. The topological polar surface area (TPSA) is 45.5 Å². The number of imidazole rings is 1. The van der Waals surface area contributed by atoms with Crippen LogP contribution in [0.4, 0.5) is 0 Å². The molecule has 0 saturated carbocycles. The van der Waals surface area contributed by atoms with Crippen molar-refractivity contribution in [3.05, 3.63) is 96.8 Å². The van der Waals surface area contributed by atoms with Gasteiger partial charge in [0, 0.05) is 6.54 Å². The Hall–Kier alpha value is -3.99. The van der Waals surface area contributed by atoms with Gasteiger partial charge in [-0.05, 0) is 53.6 Å². The number of para-hydroxylation sites is 4. The summed E-state index contributed by atoms with van der Waals surface area (Å²) in [5.74, 6) is 3.19. The van der Waals surface area contributed by atoms with Crippen LogP contribution in [0.3, 0.4) is 0 Å². The van der Waals surface area contributed by atoms with Gasteiger partial charge in [0.15, 0.2) is 11.5 Å². The molecule has 0 fully saturated rings. The fraction of sp³-hybridized carbons (Fsp3) is 0.179. The lowest BCUT2D eigenvalue weighted by Crippen LogP contribution is -2.10. The van der Waals surface area contributed by atoms with E-state index in [1.807, 2.05) is 60.7 Å². The molecule has 0 N–H and O–H groups in total.